The van der Waals surface area contributed by atoms with Crippen LogP contribution in [0.4, 0.5) is 0 Å². The molecule has 0 aliphatic carbocycles. The van der Waals surface area contributed by atoms with Gasteiger partial charge in [-0.1, -0.05) is 35.9 Å². The molecule has 34 heavy (non-hydrogen) atoms. The second kappa shape index (κ2) is 12.0. The fourth-order valence-corrected chi connectivity index (χ4v) is 3.86. The molecule has 0 aliphatic rings. The van der Waals surface area contributed by atoms with E-state index in [1.807, 2.05) is 48.5 Å². The number of carbonyl (C=O) groups excluding carboxylic acids is 1. The van der Waals surface area contributed by atoms with Crippen molar-refractivity contribution >= 4 is 17.5 Å². The molecule has 2 aromatic carbocycles. The number of halogens is 1. The number of methoxy groups -OCH3 is 2. The Bertz CT molecular complexity index is 1100. The highest BCUT2D eigenvalue weighted by Crippen LogP contribution is 2.28. The lowest BCUT2D eigenvalue weighted by atomic mass is 10.1. The van der Waals surface area contributed by atoms with E-state index < -0.39 is 0 Å². The minimum atomic E-state index is -0.145. The Morgan fingerprint density at radius 3 is 2.41 bits per heavy atom. The first-order chi connectivity index (χ1) is 16.3. The number of furan rings is 1. The van der Waals surface area contributed by atoms with Gasteiger partial charge in [0, 0.05) is 31.2 Å². The first-order valence-electron chi connectivity index (χ1n) is 11.3. The van der Waals surface area contributed by atoms with Crippen molar-refractivity contribution in [2.75, 3.05) is 27.8 Å². The van der Waals surface area contributed by atoms with E-state index in [9.17, 15) is 4.79 Å². The number of ether oxygens (including phenoxy) is 2. The number of hydrogen-bond acceptors (Lipinski definition) is 5. The molecule has 0 radical (unpaired) electrons. The minimum Gasteiger partial charge on any atom is -0.493 e. The molecule has 0 saturated heterocycles. The van der Waals surface area contributed by atoms with Gasteiger partial charge in [0.25, 0.3) is 5.91 Å². The lowest BCUT2D eigenvalue weighted by Crippen LogP contribution is -2.30. The lowest BCUT2D eigenvalue weighted by molar-refractivity contribution is 0.0760. The maximum absolute atomic E-state index is 12.9. The molecule has 3 rings (SSSR count). The lowest BCUT2D eigenvalue weighted by Gasteiger charge is -2.26. The molecule has 182 valence electrons. The number of rotatable bonds is 11. The molecule has 1 aromatic heterocycles. The van der Waals surface area contributed by atoms with Crippen molar-refractivity contribution in [1.82, 2.24) is 9.80 Å². The van der Waals surface area contributed by atoms with Crippen LogP contribution in [0.15, 0.2) is 59.0 Å². The summed E-state index contributed by atoms with van der Waals surface area (Å²) in [5.41, 5.74) is 2.13. The van der Waals surface area contributed by atoms with Crippen LogP contribution < -0.4 is 9.47 Å². The Kier molecular flexibility index (Phi) is 9.02. The number of benzene rings is 2. The van der Waals surface area contributed by atoms with Crippen molar-refractivity contribution in [3.05, 3.63) is 82.3 Å². The first kappa shape index (κ1) is 25.7. The molecule has 0 atom stereocenters. The van der Waals surface area contributed by atoms with E-state index in [1.165, 1.54) is 0 Å². The Labute approximate surface area is 207 Å². The highest BCUT2D eigenvalue weighted by Gasteiger charge is 2.19. The van der Waals surface area contributed by atoms with Gasteiger partial charge in [0.2, 0.25) is 0 Å². The molecule has 3 aromatic rings. The summed E-state index contributed by atoms with van der Waals surface area (Å²) in [6.45, 7) is 6.11. The third-order valence-corrected chi connectivity index (χ3v) is 6.19. The molecule has 1 heterocycles. The second-order valence-electron chi connectivity index (χ2n) is 8.52. The summed E-state index contributed by atoms with van der Waals surface area (Å²) in [6.07, 6.45) is 0.690. The van der Waals surface area contributed by atoms with E-state index in [0.717, 1.165) is 21.9 Å². The van der Waals surface area contributed by atoms with Gasteiger partial charge in [0.1, 0.15) is 5.76 Å². The minimum absolute atomic E-state index is 0.145. The van der Waals surface area contributed by atoms with Crippen LogP contribution in [0.1, 0.15) is 41.3 Å². The van der Waals surface area contributed by atoms with Crippen LogP contribution in [-0.4, -0.2) is 49.6 Å². The summed E-state index contributed by atoms with van der Waals surface area (Å²) < 4.78 is 16.6. The maximum Gasteiger partial charge on any atom is 0.289 e. The molecule has 1 amide bonds. The molecular weight excluding hydrogens is 452 g/mol. The van der Waals surface area contributed by atoms with Gasteiger partial charge < -0.3 is 18.8 Å². The van der Waals surface area contributed by atoms with E-state index in [1.54, 1.807) is 32.2 Å². The standard InChI is InChI=1S/C27H33ClN2O4/c1-19(2)30(17-21-8-6-7-9-23(21)28)18-22-11-13-25(34-22)27(31)29(3)15-14-20-10-12-24(32-4)26(16-20)33-5/h6-13,16,19H,14-15,17-18H2,1-5H3. The fraction of sp³-hybridized carbons (Fsp3) is 0.370. The molecule has 0 unspecified atom stereocenters. The molecule has 0 bridgehead atoms. The van der Waals surface area contributed by atoms with Crippen LogP contribution in [0.5, 0.6) is 11.5 Å². The second-order valence-corrected chi connectivity index (χ2v) is 8.93. The van der Waals surface area contributed by atoms with Gasteiger partial charge in [-0.3, -0.25) is 9.69 Å². The number of carbonyl (C=O) groups is 1. The number of likely N-dealkylation sites (N-methyl/N-ethyl adjacent to an activating group) is 1. The summed E-state index contributed by atoms with van der Waals surface area (Å²) >= 11 is 6.35. The van der Waals surface area contributed by atoms with Crippen molar-refractivity contribution in [2.24, 2.45) is 0 Å². The van der Waals surface area contributed by atoms with Gasteiger partial charge in [-0.25, -0.2) is 0 Å². The topological polar surface area (TPSA) is 55.2 Å². The average Bonchev–Trinajstić information content (AvgIpc) is 3.31. The SMILES string of the molecule is COc1ccc(CCN(C)C(=O)c2ccc(CN(Cc3ccccc3Cl)C(C)C)o2)cc1OC. The van der Waals surface area contributed by atoms with Gasteiger partial charge in [0.05, 0.1) is 20.8 Å². The van der Waals surface area contributed by atoms with Crippen LogP contribution in [0.3, 0.4) is 0 Å². The van der Waals surface area contributed by atoms with Gasteiger partial charge in [-0.15, -0.1) is 0 Å². The molecule has 0 aliphatic heterocycles. The quantitative estimate of drug-likeness (QED) is 0.350. The normalized spacial score (nSPS) is 11.2. The summed E-state index contributed by atoms with van der Waals surface area (Å²) in [5.74, 6) is 2.30. The van der Waals surface area contributed by atoms with Crippen molar-refractivity contribution in [3.8, 4) is 11.5 Å². The Morgan fingerprint density at radius 2 is 1.74 bits per heavy atom. The van der Waals surface area contributed by atoms with Crippen molar-refractivity contribution in [1.29, 1.82) is 0 Å². The molecule has 0 spiro atoms. The largest absolute Gasteiger partial charge is 0.493 e. The van der Waals surface area contributed by atoms with E-state index >= 15 is 0 Å². The Hall–Kier alpha value is -2.96. The summed E-state index contributed by atoms with van der Waals surface area (Å²) in [7, 11) is 5.00. The zero-order valence-corrected chi connectivity index (χ0v) is 21.3. The molecule has 7 heteroatoms. The van der Waals surface area contributed by atoms with E-state index in [4.69, 9.17) is 25.5 Å². The Morgan fingerprint density at radius 1 is 1.00 bits per heavy atom. The highest BCUT2D eigenvalue weighted by molar-refractivity contribution is 6.31. The predicted molar refractivity (Wildman–Crippen MR) is 135 cm³/mol. The zero-order valence-electron chi connectivity index (χ0n) is 20.5. The van der Waals surface area contributed by atoms with Crippen LogP contribution in [-0.2, 0) is 19.5 Å². The number of hydrogen-bond donors (Lipinski definition) is 0. The van der Waals surface area contributed by atoms with Gasteiger partial charge in [-0.2, -0.15) is 0 Å². The fourth-order valence-electron chi connectivity index (χ4n) is 3.67. The molecule has 0 saturated carbocycles. The number of amides is 1. The van der Waals surface area contributed by atoms with Gasteiger partial charge in [0.15, 0.2) is 17.3 Å². The molecule has 0 fully saturated rings. The van der Waals surface area contributed by atoms with Crippen molar-refractivity contribution < 1.29 is 18.7 Å². The van der Waals surface area contributed by atoms with Gasteiger partial charge >= 0.3 is 0 Å². The smallest absolute Gasteiger partial charge is 0.289 e. The predicted octanol–water partition coefficient (Wildman–Crippen LogP) is 5.68. The maximum atomic E-state index is 12.9. The monoisotopic (exact) mass is 484 g/mol. The average molecular weight is 485 g/mol. The summed E-state index contributed by atoms with van der Waals surface area (Å²) in [5, 5.41) is 0.750. The first-order valence-corrected chi connectivity index (χ1v) is 11.7. The molecule has 6 nitrogen and oxygen atoms in total. The van der Waals surface area contributed by atoms with Crippen molar-refractivity contribution in [2.45, 2.75) is 39.4 Å². The molecule has 0 N–H and O–H groups in total. The van der Waals surface area contributed by atoms with E-state index in [2.05, 4.69) is 18.7 Å². The summed E-state index contributed by atoms with van der Waals surface area (Å²) in [6, 6.07) is 17.5. The third-order valence-electron chi connectivity index (χ3n) is 5.82. The number of nitrogens with zero attached hydrogens (tertiary/aromatic N) is 2. The highest BCUT2D eigenvalue weighted by atomic mass is 35.5. The van der Waals surface area contributed by atoms with Gasteiger partial charge in [-0.05, 0) is 61.7 Å². The Balaban J connectivity index is 1.60. The summed E-state index contributed by atoms with van der Waals surface area (Å²) in [4.78, 5) is 16.8. The van der Waals surface area contributed by atoms with Crippen LogP contribution >= 0.6 is 11.6 Å². The van der Waals surface area contributed by atoms with Crippen LogP contribution in [0, 0.1) is 0 Å². The van der Waals surface area contributed by atoms with Crippen molar-refractivity contribution in [3.63, 3.8) is 0 Å². The molecular formula is C27H33ClN2O4. The van der Waals surface area contributed by atoms with Crippen LogP contribution in [0.25, 0.3) is 0 Å². The third kappa shape index (κ3) is 6.55. The van der Waals surface area contributed by atoms with E-state index in [0.29, 0.717) is 43.3 Å². The zero-order chi connectivity index (χ0) is 24.7. The van der Waals surface area contributed by atoms with E-state index in [-0.39, 0.29) is 11.9 Å². The van der Waals surface area contributed by atoms with Crippen LogP contribution in [0.2, 0.25) is 5.02 Å².